The summed E-state index contributed by atoms with van der Waals surface area (Å²) in [4.78, 5) is 6.34. The normalized spacial score (nSPS) is 17.2. The third-order valence-corrected chi connectivity index (χ3v) is 5.56. The maximum Gasteiger partial charge on any atom is 0.185 e. The first-order valence-electron chi connectivity index (χ1n) is 9.42. The number of aromatic nitrogens is 7. The van der Waals surface area contributed by atoms with Crippen LogP contribution in [0, 0.1) is 5.92 Å². The van der Waals surface area contributed by atoms with E-state index in [1.54, 1.807) is 23.2 Å². The van der Waals surface area contributed by atoms with Crippen LogP contribution in [0.25, 0.3) is 17.0 Å². The number of fused-ring (bicyclic) bond motifs is 1. The maximum atomic E-state index is 6.16. The van der Waals surface area contributed by atoms with Crippen LogP contribution >= 0.6 is 23.2 Å². The average molecular weight is 429 g/mol. The van der Waals surface area contributed by atoms with Gasteiger partial charge in [0.2, 0.25) is 0 Å². The van der Waals surface area contributed by atoms with E-state index in [2.05, 4.69) is 25.2 Å². The van der Waals surface area contributed by atoms with E-state index >= 15 is 0 Å². The van der Waals surface area contributed by atoms with Gasteiger partial charge in [0.1, 0.15) is 18.5 Å². The quantitative estimate of drug-likeness (QED) is 0.493. The molecule has 0 N–H and O–H groups in total. The number of halogens is 2. The molecule has 1 aliphatic heterocycles. The minimum absolute atomic E-state index is 0.495. The van der Waals surface area contributed by atoms with E-state index in [0.29, 0.717) is 27.4 Å². The van der Waals surface area contributed by atoms with Crippen LogP contribution in [-0.4, -0.2) is 47.7 Å². The fraction of sp³-hybridized carbons (Fsp3) is 0.316. The largest absolute Gasteiger partial charge is 0.355 e. The van der Waals surface area contributed by atoms with Crippen molar-refractivity contribution in [2.75, 3.05) is 18.0 Å². The zero-order valence-electron chi connectivity index (χ0n) is 15.5. The summed E-state index contributed by atoms with van der Waals surface area (Å²) in [5.41, 5.74) is 1.46. The van der Waals surface area contributed by atoms with E-state index in [1.807, 2.05) is 28.9 Å². The lowest BCUT2D eigenvalue weighted by atomic mass is 9.98. The van der Waals surface area contributed by atoms with Gasteiger partial charge in [0, 0.05) is 35.2 Å². The predicted molar refractivity (Wildman–Crippen MR) is 111 cm³/mol. The summed E-state index contributed by atoms with van der Waals surface area (Å²) in [7, 11) is 0. The molecule has 1 aliphatic rings. The number of hydrogen-bond donors (Lipinski definition) is 0. The molecular formula is C19H18Cl2N8. The Labute approximate surface area is 177 Å². The molecule has 0 saturated carbocycles. The van der Waals surface area contributed by atoms with Gasteiger partial charge in [-0.3, -0.25) is 4.68 Å². The number of piperidine rings is 1. The van der Waals surface area contributed by atoms with Crippen molar-refractivity contribution in [3.8, 4) is 11.4 Å². The van der Waals surface area contributed by atoms with Crippen LogP contribution in [0.1, 0.15) is 12.8 Å². The van der Waals surface area contributed by atoms with E-state index in [-0.39, 0.29) is 0 Å². The van der Waals surface area contributed by atoms with Crippen LogP contribution < -0.4 is 4.90 Å². The first-order chi connectivity index (χ1) is 14.2. The van der Waals surface area contributed by atoms with Crippen molar-refractivity contribution < 1.29 is 0 Å². The van der Waals surface area contributed by atoms with Gasteiger partial charge in [0.15, 0.2) is 11.5 Å². The monoisotopic (exact) mass is 428 g/mol. The third-order valence-electron chi connectivity index (χ3n) is 5.12. The van der Waals surface area contributed by atoms with Crippen molar-refractivity contribution in [2.24, 2.45) is 5.92 Å². The van der Waals surface area contributed by atoms with E-state index < -0.39 is 0 Å². The van der Waals surface area contributed by atoms with E-state index in [1.165, 1.54) is 0 Å². The molecular weight excluding hydrogens is 411 g/mol. The second-order valence-corrected chi connectivity index (χ2v) is 8.09. The number of hydrogen-bond acceptors (Lipinski definition) is 6. The zero-order chi connectivity index (χ0) is 19.8. The second-order valence-electron chi connectivity index (χ2n) is 7.22. The van der Waals surface area contributed by atoms with Gasteiger partial charge in [-0.2, -0.15) is 9.61 Å². The van der Waals surface area contributed by atoms with Crippen molar-refractivity contribution in [3.63, 3.8) is 0 Å². The zero-order valence-corrected chi connectivity index (χ0v) is 17.0. The van der Waals surface area contributed by atoms with Crippen LogP contribution in [0.3, 0.4) is 0 Å². The highest BCUT2D eigenvalue weighted by Gasteiger charge is 2.22. The molecule has 0 bridgehead atoms. The Morgan fingerprint density at radius 1 is 1.07 bits per heavy atom. The summed E-state index contributed by atoms with van der Waals surface area (Å²) in [5.74, 6) is 2.01. The Morgan fingerprint density at radius 3 is 2.72 bits per heavy atom. The first-order valence-corrected chi connectivity index (χ1v) is 10.2. The Kier molecular flexibility index (Phi) is 4.81. The van der Waals surface area contributed by atoms with Gasteiger partial charge in [0.05, 0.1) is 0 Å². The summed E-state index contributed by atoms with van der Waals surface area (Å²) in [6.07, 6.45) is 5.62. The Hall–Kier alpha value is -2.71. The third kappa shape index (κ3) is 3.77. The molecule has 1 fully saturated rings. The van der Waals surface area contributed by atoms with Crippen molar-refractivity contribution in [3.05, 3.63) is 53.0 Å². The van der Waals surface area contributed by atoms with Crippen molar-refractivity contribution in [1.82, 2.24) is 34.6 Å². The Bertz CT molecular complexity index is 1120. The number of benzene rings is 1. The molecule has 1 unspecified atom stereocenters. The molecule has 0 amide bonds. The van der Waals surface area contributed by atoms with Gasteiger partial charge >= 0.3 is 0 Å². The van der Waals surface area contributed by atoms with Crippen molar-refractivity contribution >= 4 is 34.7 Å². The smallest absolute Gasteiger partial charge is 0.185 e. The number of anilines is 1. The summed E-state index contributed by atoms with van der Waals surface area (Å²) < 4.78 is 3.64. The van der Waals surface area contributed by atoms with E-state index in [4.69, 9.17) is 28.3 Å². The van der Waals surface area contributed by atoms with Crippen LogP contribution in [0.15, 0.2) is 43.0 Å². The van der Waals surface area contributed by atoms with Crippen LogP contribution in [0.5, 0.6) is 0 Å². The summed E-state index contributed by atoms with van der Waals surface area (Å²) >= 11 is 12.3. The lowest BCUT2D eigenvalue weighted by Gasteiger charge is -2.33. The van der Waals surface area contributed by atoms with Gasteiger partial charge < -0.3 is 4.90 Å². The molecule has 1 saturated heterocycles. The molecule has 4 aromatic rings. The maximum absolute atomic E-state index is 6.16. The van der Waals surface area contributed by atoms with E-state index in [0.717, 1.165) is 43.9 Å². The average Bonchev–Trinajstić information content (AvgIpc) is 3.36. The molecule has 0 radical (unpaired) electrons. The molecule has 0 aliphatic carbocycles. The highest BCUT2D eigenvalue weighted by Crippen LogP contribution is 2.27. The molecule has 148 valence electrons. The molecule has 1 aromatic carbocycles. The Balaban J connectivity index is 1.45. The van der Waals surface area contributed by atoms with Crippen LogP contribution in [0.2, 0.25) is 10.0 Å². The summed E-state index contributed by atoms with van der Waals surface area (Å²) in [5, 5.41) is 18.7. The molecule has 0 spiro atoms. The van der Waals surface area contributed by atoms with Crippen LogP contribution in [0.4, 0.5) is 5.82 Å². The molecule has 4 heterocycles. The molecule has 1 atom stereocenters. The topological polar surface area (TPSA) is 77.0 Å². The fourth-order valence-corrected chi connectivity index (χ4v) is 4.35. The van der Waals surface area contributed by atoms with Crippen molar-refractivity contribution in [2.45, 2.75) is 19.4 Å². The number of rotatable bonds is 4. The molecule has 8 nitrogen and oxygen atoms in total. The highest BCUT2D eigenvalue weighted by molar-refractivity contribution is 6.35. The van der Waals surface area contributed by atoms with Crippen LogP contribution in [-0.2, 0) is 6.54 Å². The SMILES string of the molecule is Clc1cc(Cl)cc(-c2nnc3ccc(N4CCCC(Cn5cncn5)C4)nn23)c1. The number of nitrogens with zero attached hydrogens (tertiary/aromatic N) is 8. The van der Waals surface area contributed by atoms with E-state index in [9.17, 15) is 0 Å². The van der Waals surface area contributed by atoms with Gasteiger partial charge in [-0.15, -0.1) is 15.3 Å². The molecule has 5 rings (SSSR count). The predicted octanol–water partition coefficient (Wildman–Crippen LogP) is 3.61. The lowest BCUT2D eigenvalue weighted by molar-refractivity contribution is 0.350. The van der Waals surface area contributed by atoms with Gasteiger partial charge in [0.25, 0.3) is 0 Å². The summed E-state index contributed by atoms with van der Waals surface area (Å²) in [6, 6.07) is 9.25. The van der Waals surface area contributed by atoms with Gasteiger partial charge in [-0.1, -0.05) is 23.2 Å². The molecule has 10 heteroatoms. The lowest BCUT2D eigenvalue weighted by Crippen LogP contribution is -2.37. The fourth-order valence-electron chi connectivity index (χ4n) is 3.82. The highest BCUT2D eigenvalue weighted by atomic mass is 35.5. The standard InChI is InChI=1S/C19H18Cl2N8/c20-15-6-14(7-16(21)8-15)19-25-24-17-3-4-18(26-29(17)19)27-5-1-2-13(9-27)10-28-12-22-11-23-28/h3-4,6-8,11-13H,1-2,5,9-10H2. The summed E-state index contributed by atoms with van der Waals surface area (Å²) in [6.45, 7) is 2.74. The minimum atomic E-state index is 0.495. The van der Waals surface area contributed by atoms with Crippen molar-refractivity contribution in [1.29, 1.82) is 0 Å². The molecule has 29 heavy (non-hydrogen) atoms. The van der Waals surface area contributed by atoms with Gasteiger partial charge in [-0.05, 0) is 49.1 Å². The molecule has 3 aromatic heterocycles. The Morgan fingerprint density at radius 2 is 1.93 bits per heavy atom. The van der Waals surface area contributed by atoms with Gasteiger partial charge in [-0.25, -0.2) is 4.98 Å². The first kappa shape index (κ1) is 18.3. The minimum Gasteiger partial charge on any atom is -0.355 e. The second kappa shape index (κ2) is 7.61.